The Bertz CT molecular complexity index is 1130. The van der Waals surface area contributed by atoms with Crippen molar-refractivity contribution in [2.75, 3.05) is 39.3 Å². The number of anilines is 1. The summed E-state index contributed by atoms with van der Waals surface area (Å²) in [5, 5.41) is 4.20. The third-order valence-corrected chi connectivity index (χ3v) is 6.01. The van der Waals surface area contributed by atoms with Crippen LogP contribution in [-0.4, -0.2) is 50.8 Å². The van der Waals surface area contributed by atoms with Crippen molar-refractivity contribution in [3.63, 3.8) is 0 Å². The quantitative estimate of drug-likeness (QED) is 0.505. The van der Waals surface area contributed by atoms with Gasteiger partial charge in [-0.25, -0.2) is 0 Å². The summed E-state index contributed by atoms with van der Waals surface area (Å²) in [4.78, 5) is 27.0. The normalized spacial score (nSPS) is 15.7. The summed E-state index contributed by atoms with van der Waals surface area (Å²) in [5.74, 6) is 0.776. The van der Waals surface area contributed by atoms with Gasteiger partial charge < -0.3 is 29.0 Å². The van der Waals surface area contributed by atoms with E-state index in [1.165, 1.54) is 32.2 Å². The lowest BCUT2D eigenvalue weighted by Crippen LogP contribution is -2.33. The number of nitrogens with one attached hydrogen (secondary N) is 1. The first kappa shape index (κ1) is 22.5. The minimum Gasteiger partial charge on any atom is -0.493 e. The van der Waals surface area contributed by atoms with Crippen LogP contribution in [0.25, 0.3) is 10.9 Å². The summed E-state index contributed by atoms with van der Waals surface area (Å²) < 4.78 is 18.3. The fourth-order valence-corrected chi connectivity index (χ4v) is 4.30. The molecule has 0 spiro atoms. The van der Waals surface area contributed by atoms with Crippen LogP contribution in [0.1, 0.15) is 12.8 Å². The van der Waals surface area contributed by atoms with Crippen molar-refractivity contribution < 1.29 is 23.8 Å². The number of carbonyl (C=O) groups excluding carboxylic acids is 2. The topological polar surface area (TPSA) is 82.0 Å². The van der Waals surface area contributed by atoms with Crippen LogP contribution < -0.4 is 24.4 Å². The molecule has 0 bridgehead atoms. The number of carbonyl (C=O) groups is 2. The molecule has 33 heavy (non-hydrogen) atoms. The molecule has 1 saturated heterocycles. The lowest BCUT2D eigenvalue weighted by atomic mass is 10.1. The maximum absolute atomic E-state index is 12.7. The summed E-state index contributed by atoms with van der Waals surface area (Å²) >= 11 is 0. The highest BCUT2D eigenvalue weighted by Gasteiger charge is 2.35. The third kappa shape index (κ3) is 4.60. The average molecular weight is 452 g/mol. The molecule has 2 amide bonds. The number of aromatic nitrogens is 1. The van der Waals surface area contributed by atoms with E-state index < -0.39 is 5.92 Å². The first-order chi connectivity index (χ1) is 16.0. The Morgan fingerprint density at radius 2 is 1.79 bits per heavy atom. The average Bonchev–Trinajstić information content (AvgIpc) is 3.44. The number of rotatable bonds is 9. The molecular formula is C25H29N3O5. The Hall–Kier alpha value is -3.68. The van der Waals surface area contributed by atoms with Crippen molar-refractivity contribution in [2.45, 2.75) is 19.4 Å². The summed E-state index contributed by atoms with van der Waals surface area (Å²) in [5.41, 5.74) is 1.80. The maximum atomic E-state index is 12.7. The van der Waals surface area contributed by atoms with Crippen molar-refractivity contribution in [1.29, 1.82) is 0 Å². The smallest absolute Gasteiger partial charge is 0.227 e. The van der Waals surface area contributed by atoms with Gasteiger partial charge in [-0.15, -0.1) is 0 Å². The molecule has 1 aliphatic heterocycles. The van der Waals surface area contributed by atoms with E-state index in [4.69, 9.17) is 14.2 Å². The highest BCUT2D eigenvalue weighted by Crippen LogP contribution is 2.42. The Kier molecular flexibility index (Phi) is 6.72. The second-order valence-electron chi connectivity index (χ2n) is 8.00. The molecule has 1 atom stereocenters. The Labute approximate surface area is 193 Å². The zero-order valence-corrected chi connectivity index (χ0v) is 19.2. The number of ether oxygens (including phenoxy) is 3. The van der Waals surface area contributed by atoms with Gasteiger partial charge in [-0.3, -0.25) is 9.59 Å². The SMILES string of the molecule is COc1cc(N2CC(C(=O)NCCCn3ccc4ccccc43)CC2=O)cc(OC)c1OC. The van der Waals surface area contributed by atoms with E-state index in [1.807, 2.05) is 12.1 Å². The van der Waals surface area contributed by atoms with E-state index in [9.17, 15) is 9.59 Å². The number of amides is 2. The van der Waals surface area contributed by atoms with Crippen molar-refractivity contribution in [1.82, 2.24) is 9.88 Å². The Morgan fingerprint density at radius 3 is 2.48 bits per heavy atom. The molecule has 4 rings (SSSR count). The molecule has 0 saturated carbocycles. The minimum absolute atomic E-state index is 0.101. The van der Waals surface area contributed by atoms with Crippen LogP contribution in [0, 0.1) is 5.92 Å². The number of aryl methyl sites for hydroxylation is 1. The van der Waals surface area contributed by atoms with Gasteiger partial charge in [0, 0.05) is 49.9 Å². The first-order valence-corrected chi connectivity index (χ1v) is 11.0. The molecule has 1 aromatic heterocycles. The van der Waals surface area contributed by atoms with Crippen molar-refractivity contribution in [2.24, 2.45) is 5.92 Å². The van der Waals surface area contributed by atoms with Gasteiger partial charge >= 0.3 is 0 Å². The number of fused-ring (bicyclic) bond motifs is 1. The highest BCUT2D eigenvalue weighted by atomic mass is 16.5. The Morgan fingerprint density at radius 1 is 1.06 bits per heavy atom. The first-order valence-electron chi connectivity index (χ1n) is 11.0. The zero-order chi connectivity index (χ0) is 23.4. The molecule has 8 heteroatoms. The monoisotopic (exact) mass is 451 g/mol. The zero-order valence-electron chi connectivity index (χ0n) is 19.2. The standard InChI is InChI=1S/C25H29N3O5/c1-31-21-14-19(15-22(32-2)24(21)33-3)28-16-18(13-23(28)29)25(30)26-10-6-11-27-12-9-17-7-4-5-8-20(17)27/h4-5,7-9,12,14-15,18H,6,10-11,13,16H2,1-3H3,(H,26,30). The largest absolute Gasteiger partial charge is 0.493 e. The minimum atomic E-state index is -0.399. The van der Waals surface area contributed by atoms with Crippen LogP contribution >= 0.6 is 0 Å². The number of benzene rings is 2. The molecule has 1 N–H and O–H groups in total. The molecule has 0 radical (unpaired) electrons. The predicted molar refractivity (Wildman–Crippen MR) is 126 cm³/mol. The number of hydrogen-bond acceptors (Lipinski definition) is 5. The van der Waals surface area contributed by atoms with Gasteiger partial charge in [0.05, 0.1) is 32.9 Å². The number of methoxy groups -OCH3 is 3. The van der Waals surface area contributed by atoms with E-state index in [-0.39, 0.29) is 18.2 Å². The van der Waals surface area contributed by atoms with E-state index >= 15 is 0 Å². The molecule has 8 nitrogen and oxygen atoms in total. The number of para-hydroxylation sites is 1. The third-order valence-electron chi connectivity index (χ3n) is 6.01. The molecule has 1 unspecified atom stereocenters. The van der Waals surface area contributed by atoms with Gasteiger partial charge in [-0.2, -0.15) is 0 Å². The Balaban J connectivity index is 1.34. The summed E-state index contributed by atoms with van der Waals surface area (Å²) in [7, 11) is 4.58. The second-order valence-corrected chi connectivity index (χ2v) is 8.00. The molecule has 1 aliphatic rings. The van der Waals surface area contributed by atoms with Crippen LogP contribution in [0.2, 0.25) is 0 Å². The van der Waals surface area contributed by atoms with Crippen LogP contribution in [0.5, 0.6) is 17.2 Å². The van der Waals surface area contributed by atoms with Gasteiger partial charge in [0.1, 0.15) is 0 Å². The second kappa shape index (κ2) is 9.85. The van der Waals surface area contributed by atoms with Gasteiger partial charge in [-0.1, -0.05) is 18.2 Å². The van der Waals surface area contributed by atoms with Crippen LogP contribution in [0.15, 0.2) is 48.7 Å². The number of hydrogen-bond donors (Lipinski definition) is 1. The van der Waals surface area contributed by atoms with Gasteiger partial charge in [0.2, 0.25) is 17.6 Å². The summed E-state index contributed by atoms with van der Waals surface area (Å²) in [6.45, 7) is 1.68. The summed E-state index contributed by atoms with van der Waals surface area (Å²) in [6, 6.07) is 13.8. The molecule has 0 aliphatic carbocycles. The van der Waals surface area contributed by atoms with Crippen LogP contribution in [0.4, 0.5) is 5.69 Å². The molecule has 1 fully saturated rings. The molecular weight excluding hydrogens is 422 g/mol. The van der Waals surface area contributed by atoms with Gasteiger partial charge in [0.15, 0.2) is 11.5 Å². The highest BCUT2D eigenvalue weighted by molar-refractivity contribution is 6.00. The van der Waals surface area contributed by atoms with E-state index in [1.54, 1.807) is 17.0 Å². The van der Waals surface area contributed by atoms with Crippen molar-refractivity contribution in [3.05, 3.63) is 48.7 Å². The van der Waals surface area contributed by atoms with Gasteiger partial charge in [-0.05, 0) is 23.9 Å². The molecule has 3 aromatic rings. The molecule has 2 heterocycles. The van der Waals surface area contributed by atoms with Gasteiger partial charge in [0.25, 0.3) is 0 Å². The van der Waals surface area contributed by atoms with Crippen molar-refractivity contribution in [3.8, 4) is 17.2 Å². The van der Waals surface area contributed by atoms with Crippen LogP contribution in [-0.2, 0) is 16.1 Å². The summed E-state index contributed by atoms with van der Waals surface area (Å²) in [6.07, 6.45) is 3.05. The fourth-order valence-electron chi connectivity index (χ4n) is 4.30. The van der Waals surface area contributed by atoms with Crippen LogP contribution in [0.3, 0.4) is 0 Å². The lowest BCUT2D eigenvalue weighted by Gasteiger charge is -2.20. The fraction of sp³-hybridized carbons (Fsp3) is 0.360. The molecule has 174 valence electrons. The molecule has 2 aromatic carbocycles. The number of nitrogens with zero attached hydrogens (tertiary/aromatic N) is 2. The van der Waals surface area contributed by atoms with E-state index in [0.29, 0.717) is 36.0 Å². The maximum Gasteiger partial charge on any atom is 0.227 e. The predicted octanol–water partition coefficient (Wildman–Crippen LogP) is 3.23. The van der Waals surface area contributed by atoms with Crippen molar-refractivity contribution >= 4 is 28.4 Å². The van der Waals surface area contributed by atoms with E-state index in [0.717, 1.165) is 13.0 Å². The van der Waals surface area contributed by atoms with E-state index in [2.05, 4.69) is 34.3 Å². The lowest BCUT2D eigenvalue weighted by molar-refractivity contribution is -0.126.